The Morgan fingerprint density at radius 1 is 0.366 bits per heavy atom. The number of hydrogen-bond acceptors (Lipinski definition) is 26. The minimum Gasteiger partial charge on any atom is -0.454 e. The Labute approximate surface area is 760 Å². The first-order valence-corrected chi connectivity index (χ1v) is 42.9. The van der Waals surface area contributed by atoms with Crippen LogP contribution in [0.3, 0.4) is 0 Å². The Balaban J connectivity index is 0.000000114. The van der Waals surface area contributed by atoms with Crippen LogP contribution in [0.4, 0.5) is 0 Å². The lowest BCUT2D eigenvalue weighted by atomic mass is 10.2. The number of aromatic amines is 1. The third kappa shape index (κ3) is 26.0. The number of hydrogen-bond donors (Lipinski definition) is 1. The Kier molecular flexibility index (Phi) is 30.4. The van der Waals surface area contributed by atoms with Gasteiger partial charge in [0.2, 0.25) is 6.79 Å². The molecular formula is C97H94N28O4S2. The summed E-state index contributed by atoms with van der Waals surface area (Å²) in [4.78, 5) is 12.3. The van der Waals surface area contributed by atoms with Gasteiger partial charge >= 0.3 is 0 Å². The molecule has 26 rings (SSSR count). The molecule has 7 aromatic carbocycles. The lowest BCUT2D eigenvalue weighted by molar-refractivity contribution is 0.174. The molecule has 0 amide bonds. The Bertz CT molecular complexity index is 6570. The number of pyridine rings is 4. The van der Waals surface area contributed by atoms with Crippen LogP contribution in [-0.2, 0) is 7.05 Å². The molecule has 19 heterocycles. The SMILES string of the molecule is Cc1ccc2[nH]ncc2c1.Cc1ccc2c(c1)OCO2.Cc1ccc2nccn2n1.Cc1ccc2nn(C)cc2c1.Cc1ccc2nocc2c1.Cc1ccc2nonc2c1.Cc1ccc2nscc2c1.Cc1ccc2nsnc2c1.Cc1ccn2nccc2c1.Cc1ccn2nccc2n1.Cc1ccn2ncnc2c1.Cc1ccn2nncc2c1.Cc1ccn2nnnc2c1. The minimum atomic E-state index is 0.360. The van der Waals surface area contributed by atoms with Crippen LogP contribution >= 0.6 is 23.3 Å². The van der Waals surface area contributed by atoms with Crippen LogP contribution in [0, 0.1) is 90.0 Å². The first-order chi connectivity index (χ1) is 63.6. The van der Waals surface area contributed by atoms with E-state index in [1.165, 1.54) is 101 Å². The normalized spacial score (nSPS) is 10.8. The molecule has 0 bridgehead atoms. The third-order valence-electron chi connectivity index (χ3n) is 19.3. The number of rotatable bonds is 0. The summed E-state index contributed by atoms with van der Waals surface area (Å²) in [5, 5.41) is 63.9. The largest absolute Gasteiger partial charge is 0.454 e. The van der Waals surface area contributed by atoms with E-state index in [0.717, 1.165) is 106 Å². The molecule has 1 aliphatic rings. The number of aryl methyl sites for hydroxylation is 14. The summed E-state index contributed by atoms with van der Waals surface area (Å²) in [5.41, 5.74) is 29.1. The smallest absolute Gasteiger partial charge is 0.231 e. The van der Waals surface area contributed by atoms with Gasteiger partial charge in [-0.1, -0.05) is 75.1 Å². The van der Waals surface area contributed by atoms with Gasteiger partial charge in [-0.05, 0) is 319 Å². The van der Waals surface area contributed by atoms with Gasteiger partial charge in [0.15, 0.2) is 34.1 Å². The number of ether oxygens (including phenoxy) is 2. The Morgan fingerprint density at radius 3 is 1.76 bits per heavy atom. The van der Waals surface area contributed by atoms with Gasteiger partial charge in [0.05, 0.1) is 63.6 Å². The van der Waals surface area contributed by atoms with Gasteiger partial charge < -0.3 is 14.0 Å². The molecule has 34 heteroatoms. The van der Waals surface area contributed by atoms with E-state index in [-0.39, 0.29) is 0 Å². The van der Waals surface area contributed by atoms with E-state index in [1.807, 2.05) is 279 Å². The van der Waals surface area contributed by atoms with Crippen molar-refractivity contribution in [3.63, 3.8) is 0 Å². The van der Waals surface area contributed by atoms with Crippen molar-refractivity contribution in [3.05, 3.63) is 371 Å². The number of imidazole rings is 1. The van der Waals surface area contributed by atoms with Gasteiger partial charge in [-0.3, -0.25) is 9.78 Å². The minimum absolute atomic E-state index is 0.360. The van der Waals surface area contributed by atoms with Crippen molar-refractivity contribution >= 4 is 123 Å². The number of nitrogens with zero attached hydrogens (tertiary/aromatic N) is 27. The molecule has 0 unspecified atom stereocenters. The molecule has 0 radical (unpaired) electrons. The van der Waals surface area contributed by atoms with E-state index in [9.17, 15) is 0 Å². The van der Waals surface area contributed by atoms with Crippen LogP contribution in [0.1, 0.15) is 72.6 Å². The molecule has 0 saturated heterocycles. The van der Waals surface area contributed by atoms with E-state index in [0.29, 0.717) is 6.79 Å². The molecular weight excluding hydrogens is 1690 g/mol. The van der Waals surface area contributed by atoms with Crippen LogP contribution in [0.25, 0.3) is 99.3 Å². The van der Waals surface area contributed by atoms with Gasteiger partial charge in [-0.15, -0.1) is 10.2 Å². The lowest BCUT2D eigenvalue weighted by Crippen LogP contribution is -1.92. The highest BCUT2D eigenvalue weighted by Crippen LogP contribution is 2.32. The lowest BCUT2D eigenvalue weighted by Gasteiger charge is -1.94. The number of nitrogens with one attached hydrogen (secondary N) is 1. The fraction of sp³-hybridized carbons (Fsp3) is 0.155. The molecule has 1 aliphatic heterocycles. The number of tetrazole rings is 1. The highest BCUT2D eigenvalue weighted by atomic mass is 32.1. The monoisotopic (exact) mass is 1780 g/mol. The Hall–Kier alpha value is -16.6. The summed E-state index contributed by atoms with van der Waals surface area (Å²) in [6.07, 6.45) is 25.4. The van der Waals surface area contributed by atoms with Crippen LogP contribution in [0.2, 0.25) is 0 Å². The molecule has 0 saturated carbocycles. The predicted molar refractivity (Wildman–Crippen MR) is 512 cm³/mol. The number of aromatic nitrogens is 28. The van der Waals surface area contributed by atoms with Crippen molar-refractivity contribution in [2.24, 2.45) is 7.05 Å². The fourth-order valence-electron chi connectivity index (χ4n) is 12.7. The van der Waals surface area contributed by atoms with Gasteiger partial charge in [-0.25, -0.2) is 46.7 Å². The standard InChI is InChI=1S/C9H10N2.2C8H8N2.C8H7NO.C8H7NS.C8H8O2.4C7H7N3.C7H6N2O.C7H6N2S.C6H6N4/c1-7-3-4-9-8(5-7)6-11(2)10-9;1-7-3-5-10-8(6-7)2-4-9-10;1-6-2-3-8-7(4-6)5-9-10-8;2*1-6-2-3-8-7(4-6)5-10-9-8;1-6-2-3-7-8(4-6)10-5-9-7;1-6-3-5-10-7(9-6)2-4-8-10;1-6-2-3-10-7(4-6)8-5-9-10;1-6-2-3-10-7(4-6)5-8-9-10;1-6-2-3-7-8-4-5-10(7)9-6;2*1-5-2-3-6-7(4-5)9-10-8-6;1-5-2-3-10-6(4-5)7-8-9-10/h3-6H,1-2H3;2-6H,1H3;2-5H,1H3,(H,9,10);2*2-5H,1H3;2-4H,5H2,1H3;4*2-5H,1H3;3*2-4H,1H3. The van der Waals surface area contributed by atoms with Crippen molar-refractivity contribution in [3.8, 4) is 11.5 Å². The molecule has 131 heavy (non-hydrogen) atoms. The first kappa shape index (κ1) is 90.6. The quantitative estimate of drug-likeness (QED) is 0.147. The van der Waals surface area contributed by atoms with E-state index in [2.05, 4.69) is 198 Å². The number of fused-ring (bicyclic) bond motifs is 13. The molecule has 0 aliphatic carbocycles. The van der Waals surface area contributed by atoms with Crippen molar-refractivity contribution in [1.29, 1.82) is 0 Å². The van der Waals surface area contributed by atoms with E-state index in [1.54, 1.807) is 60.0 Å². The average Bonchev–Trinajstić information content (AvgIpc) is 1.69. The van der Waals surface area contributed by atoms with Crippen LogP contribution < -0.4 is 9.47 Å². The summed E-state index contributed by atoms with van der Waals surface area (Å²) in [6.45, 7) is 26.9. The molecule has 1 N–H and O–H groups in total. The Morgan fingerprint density at radius 2 is 0.962 bits per heavy atom. The second-order valence-corrected chi connectivity index (χ2v) is 31.7. The van der Waals surface area contributed by atoms with Gasteiger partial charge in [-0.2, -0.15) is 43.7 Å². The van der Waals surface area contributed by atoms with E-state index >= 15 is 0 Å². The maximum Gasteiger partial charge on any atom is 0.231 e. The summed E-state index contributed by atoms with van der Waals surface area (Å²) in [5.74, 6) is 1.71. The van der Waals surface area contributed by atoms with Gasteiger partial charge in [0, 0.05) is 102 Å². The summed E-state index contributed by atoms with van der Waals surface area (Å²) < 4.78 is 44.3. The summed E-state index contributed by atoms with van der Waals surface area (Å²) >= 11 is 2.77. The van der Waals surface area contributed by atoms with Crippen molar-refractivity contribution < 1.29 is 18.6 Å². The predicted octanol–water partition coefficient (Wildman–Crippen LogP) is 20.0. The molecule has 25 aromatic rings. The zero-order valence-corrected chi connectivity index (χ0v) is 76.2. The summed E-state index contributed by atoms with van der Waals surface area (Å²) in [6, 6.07) is 68.4. The molecule has 32 nitrogen and oxygen atoms in total. The zero-order valence-electron chi connectivity index (χ0n) is 74.5. The van der Waals surface area contributed by atoms with Crippen molar-refractivity contribution in [2.45, 2.75) is 90.0 Å². The highest BCUT2D eigenvalue weighted by molar-refractivity contribution is 7.04. The maximum absolute atomic E-state index is 5.16. The highest BCUT2D eigenvalue weighted by Gasteiger charge is 2.12. The zero-order chi connectivity index (χ0) is 91.5. The fourth-order valence-corrected chi connectivity index (χ4v) is 13.8. The second kappa shape index (κ2) is 44.0. The van der Waals surface area contributed by atoms with Gasteiger partial charge in [0.25, 0.3) is 0 Å². The molecule has 0 atom stereocenters. The molecule has 0 fully saturated rings. The number of benzene rings is 7. The summed E-state index contributed by atoms with van der Waals surface area (Å²) in [7, 11) is 1.94. The molecule has 658 valence electrons. The third-order valence-corrected chi connectivity index (χ3v) is 20.5. The van der Waals surface area contributed by atoms with Crippen LogP contribution in [0.5, 0.6) is 11.5 Å². The van der Waals surface area contributed by atoms with E-state index in [4.69, 9.17) is 14.0 Å². The van der Waals surface area contributed by atoms with E-state index < -0.39 is 0 Å². The topological polar surface area (TPSA) is 350 Å². The molecule has 18 aromatic heterocycles. The van der Waals surface area contributed by atoms with Crippen molar-refractivity contribution in [1.82, 2.24) is 137 Å². The van der Waals surface area contributed by atoms with Crippen LogP contribution in [0.15, 0.2) is 308 Å². The second-order valence-electron chi connectivity index (χ2n) is 30.5. The molecule has 0 spiro atoms. The van der Waals surface area contributed by atoms with Gasteiger partial charge in [0.1, 0.15) is 40.2 Å². The maximum atomic E-state index is 5.16. The average molecular weight is 1780 g/mol. The number of H-pyrrole nitrogens is 1. The van der Waals surface area contributed by atoms with Crippen LogP contribution in [-0.4, -0.2) is 144 Å². The first-order valence-electron chi connectivity index (χ1n) is 41.4. The van der Waals surface area contributed by atoms with Crippen molar-refractivity contribution in [2.75, 3.05) is 6.79 Å².